The van der Waals surface area contributed by atoms with Crippen LogP contribution >= 0.6 is 0 Å². The second-order valence-corrected chi connectivity index (χ2v) is 2.92. The van der Waals surface area contributed by atoms with E-state index < -0.39 is 0 Å². The fourth-order valence-corrected chi connectivity index (χ4v) is 1.47. The summed E-state index contributed by atoms with van der Waals surface area (Å²) in [5, 5.41) is 21.9. The molecule has 0 aliphatic rings. The van der Waals surface area contributed by atoms with Crippen LogP contribution in [-0.2, 0) is 0 Å². The summed E-state index contributed by atoms with van der Waals surface area (Å²) >= 11 is 0. The molecule has 2 heterocycles. The van der Waals surface area contributed by atoms with Gasteiger partial charge >= 0.3 is 0 Å². The minimum Gasteiger partial charge on any atom is -0.158 e. The number of fused-ring (bicyclic) bond motifs is 3. The second-order valence-electron chi connectivity index (χ2n) is 2.92. The molecule has 3 rings (SSSR count). The molecule has 1 aromatic carbocycles. The van der Waals surface area contributed by atoms with Crippen molar-refractivity contribution in [3.05, 3.63) is 30.7 Å². The first-order valence-corrected chi connectivity index (χ1v) is 4.12. The Balaban J connectivity index is 2.61. The lowest BCUT2D eigenvalue weighted by Crippen LogP contribution is -1.89. The van der Waals surface area contributed by atoms with Gasteiger partial charge in [0.25, 0.3) is 0 Å². The summed E-state index contributed by atoms with van der Waals surface area (Å²) < 4.78 is 0. The van der Waals surface area contributed by atoms with Crippen LogP contribution in [0.1, 0.15) is 0 Å². The fourth-order valence-electron chi connectivity index (χ4n) is 1.47. The van der Waals surface area contributed by atoms with Gasteiger partial charge in [0.05, 0.1) is 24.1 Å². The van der Waals surface area contributed by atoms with Gasteiger partial charge < -0.3 is 0 Å². The minimum atomic E-state index is 0.820. The molecule has 0 fully saturated rings. The van der Waals surface area contributed by atoms with Gasteiger partial charge in [0.1, 0.15) is 0 Å². The zero-order chi connectivity index (χ0) is 9.38. The highest BCUT2D eigenvalue weighted by Gasteiger charge is 2.01. The van der Waals surface area contributed by atoms with Gasteiger partial charge in [-0.3, -0.25) is 0 Å². The maximum Gasteiger partial charge on any atom is 0.0970 e. The molecule has 2 aromatic heterocycles. The van der Waals surface area contributed by atoms with Gasteiger partial charge in [-0.25, -0.2) is 0 Å². The van der Waals surface area contributed by atoms with E-state index >= 15 is 0 Å². The number of hydrogen-bond acceptors (Lipinski definition) is 5. The van der Waals surface area contributed by atoms with E-state index in [2.05, 4.69) is 25.6 Å². The van der Waals surface area contributed by atoms with E-state index in [1.807, 2.05) is 12.1 Å². The van der Waals surface area contributed by atoms with Crippen LogP contribution in [0.3, 0.4) is 0 Å². The third-order valence-corrected chi connectivity index (χ3v) is 2.14. The first-order valence-electron chi connectivity index (χ1n) is 4.12. The zero-order valence-electron chi connectivity index (χ0n) is 7.12. The first kappa shape index (κ1) is 7.25. The van der Waals surface area contributed by atoms with Crippen LogP contribution in [0, 0.1) is 0 Å². The zero-order valence-corrected chi connectivity index (χ0v) is 7.12. The quantitative estimate of drug-likeness (QED) is 0.486. The van der Waals surface area contributed by atoms with Crippen LogP contribution < -0.4 is 0 Å². The van der Waals surface area contributed by atoms with Crippen LogP contribution in [-0.4, -0.2) is 25.6 Å². The standard InChI is InChI=1S/C9H5N5/c1-2-9-8(5-12-14-13-9)7-4-11-10-3-6(1)7/h1-5H. The summed E-state index contributed by atoms with van der Waals surface area (Å²) in [6, 6.07) is 3.84. The van der Waals surface area contributed by atoms with Crippen molar-refractivity contribution in [1.29, 1.82) is 0 Å². The number of rotatable bonds is 0. The van der Waals surface area contributed by atoms with Crippen LogP contribution in [0.15, 0.2) is 30.7 Å². The lowest BCUT2D eigenvalue weighted by atomic mass is 10.1. The molecular formula is C9H5N5. The molecule has 0 unspecified atom stereocenters. The average Bonchev–Trinajstić information content (AvgIpc) is 2.29. The van der Waals surface area contributed by atoms with Gasteiger partial charge in [-0.1, -0.05) is 6.07 Å². The Morgan fingerprint density at radius 1 is 0.786 bits per heavy atom. The topological polar surface area (TPSA) is 64.5 Å². The molecule has 0 saturated carbocycles. The van der Waals surface area contributed by atoms with Crippen molar-refractivity contribution in [2.24, 2.45) is 0 Å². The van der Waals surface area contributed by atoms with Gasteiger partial charge in [-0.2, -0.15) is 10.2 Å². The lowest BCUT2D eigenvalue weighted by Gasteiger charge is -1.98. The maximum absolute atomic E-state index is 3.92. The smallest absolute Gasteiger partial charge is 0.0970 e. The van der Waals surface area contributed by atoms with Gasteiger partial charge in [0.15, 0.2) is 0 Å². The normalized spacial score (nSPS) is 10.9. The van der Waals surface area contributed by atoms with E-state index in [1.165, 1.54) is 0 Å². The number of hydrogen-bond donors (Lipinski definition) is 0. The van der Waals surface area contributed by atoms with Crippen LogP contribution in [0.5, 0.6) is 0 Å². The highest BCUT2D eigenvalue weighted by molar-refractivity contribution is 6.04. The summed E-state index contributed by atoms with van der Waals surface area (Å²) in [5.74, 6) is 0. The molecular weight excluding hydrogens is 178 g/mol. The Kier molecular flexibility index (Phi) is 1.38. The first-order chi connectivity index (χ1) is 6.95. The third kappa shape index (κ3) is 0.922. The van der Waals surface area contributed by atoms with Crippen molar-refractivity contribution in [3.8, 4) is 0 Å². The molecule has 5 heteroatoms. The maximum atomic E-state index is 3.92. The predicted molar refractivity (Wildman–Crippen MR) is 50.4 cm³/mol. The molecule has 0 bridgehead atoms. The Hall–Kier alpha value is -2.17. The summed E-state index contributed by atoms with van der Waals surface area (Å²) in [4.78, 5) is 0. The lowest BCUT2D eigenvalue weighted by molar-refractivity contribution is 0.896. The fraction of sp³-hybridized carbons (Fsp3) is 0. The average molecular weight is 183 g/mol. The van der Waals surface area contributed by atoms with E-state index in [4.69, 9.17) is 0 Å². The molecule has 0 aliphatic carbocycles. The highest BCUT2D eigenvalue weighted by atomic mass is 15.3. The van der Waals surface area contributed by atoms with Gasteiger partial charge in [-0.05, 0) is 11.3 Å². The number of benzene rings is 1. The SMILES string of the molecule is c1cc2nnncc2c2cnncc12. The van der Waals surface area contributed by atoms with Gasteiger partial charge in [0, 0.05) is 16.2 Å². The molecule has 0 N–H and O–H groups in total. The van der Waals surface area contributed by atoms with E-state index in [0.717, 1.165) is 21.7 Å². The van der Waals surface area contributed by atoms with Crippen molar-refractivity contribution in [2.75, 3.05) is 0 Å². The minimum absolute atomic E-state index is 0.820. The van der Waals surface area contributed by atoms with Crippen molar-refractivity contribution >= 4 is 21.7 Å². The summed E-state index contributed by atoms with van der Waals surface area (Å²) in [6.45, 7) is 0. The Morgan fingerprint density at radius 2 is 1.64 bits per heavy atom. The summed E-state index contributed by atoms with van der Waals surface area (Å²) in [7, 11) is 0. The van der Waals surface area contributed by atoms with Crippen LogP contribution in [0.25, 0.3) is 21.7 Å². The van der Waals surface area contributed by atoms with E-state index in [0.29, 0.717) is 0 Å². The molecule has 0 amide bonds. The molecule has 0 saturated heterocycles. The van der Waals surface area contributed by atoms with Crippen molar-refractivity contribution in [2.45, 2.75) is 0 Å². The third-order valence-electron chi connectivity index (χ3n) is 2.14. The van der Waals surface area contributed by atoms with Crippen molar-refractivity contribution < 1.29 is 0 Å². The molecule has 0 radical (unpaired) electrons. The Labute approximate surface area is 78.8 Å². The van der Waals surface area contributed by atoms with Crippen LogP contribution in [0.4, 0.5) is 0 Å². The van der Waals surface area contributed by atoms with Crippen molar-refractivity contribution in [1.82, 2.24) is 25.6 Å². The van der Waals surface area contributed by atoms with E-state index in [1.54, 1.807) is 18.6 Å². The Bertz CT molecular complexity index is 552. The van der Waals surface area contributed by atoms with Gasteiger partial charge in [0.2, 0.25) is 0 Å². The molecule has 0 spiro atoms. The highest BCUT2D eigenvalue weighted by Crippen LogP contribution is 2.20. The van der Waals surface area contributed by atoms with Gasteiger partial charge in [-0.15, -0.1) is 10.2 Å². The number of aromatic nitrogens is 5. The molecule has 66 valence electrons. The summed E-state index contributed by atoms with van der Waals surface area (Å²) in [6.07, 6.45) is 5.11. The van der Waals surface area contributed by atoms with E-state index in [-0.39, 0.29) is 0 Å². The predicted octanol–water partition coefficient (Wildman–Crippen LogP) is 0.968. The molecule has 3 aromatic rings. The molecule has 5 nitrogen and oxygen atoms in total. The van der Waals surface area contributed by atoms with E-state index in [9.17, 15) is 0 Å². The number of nitrogens with zero attached hydrogens (tertiary/aromatic N) is 5. The molecule has 0 aliphatic heterocycles. The molecule has 0 atom stereocenters. The monoisotopic (exact) mass is 183 g/mol. The van der Waals surface area contributed by atoms with Crippen molar-refractivity contribution in [3.63, 3.8) is 0 Å². The second kappa shape index (κ2) is 2.66. The summed E-state index contributed by atoms with van der Waals surface area (Å²) in [5.41, 5.74) is 0.820. The Morgan fingerprint density at radius 3 is 2.64 bits per heavy atom. The molecule has 14 heavy (non-hydrogen) atoms. The van der Waals surface area contributed by atoms with Crippen LogP contribution in [0.2, 0.25) is 0 Å². The largest absolute Gasteiger partial charge is 0.158 e.